The summed E-state index contributed by atoms with van der Waals surface area (Å²) < 4.78 is 4.26. The number of nitrogens with zero attached hydrogens (tertiary/aromatic N) is 5. The molecular formula is C24H21ClN6O2. The second-order valence-electron chi connectivity index (χ2n) is 7.96. The van der Waals surface area contributed by atoms with Crippen LogP contribution in [0.4, 0.5) is 0 Å². The van der Waals surface area contributed by atoms with Crippen molar-refractivity contribution in [2.45, 2.75) is 26.9 Å². The van der Waals surface area contributed by atoms with E-state index >= 15 is 0 Å². The minimum Gasteiger partial charge on any atom is -0.350 e. The summed E-state index contributed by atoms with van der Waals surface area (Å²) in [7, 11) is 0. The number of aromatic nitrogens is 5. The molecule has 33 heavy (non-hydrogen) atoms. The molecule has 0 aliphatic heterocycles. The summed E-state index contributed by atoms with van der Waals surface area (Å²) in [6.45, 7) is 4.20. The van der Waals surface area contributed by atoms with Gasteiger partial charge in [0.15, 0.2) is 5.65 Å². The van der Waals surface area contributed by atoms with Crippen molar-refractivity contribution >= 4 is 28.7 Å². The van der Waals surface area contributed by atoms with Gasteiger partial charge in [0.1, 0.15) is 12.1 Å². The van der Waals surface area contributed by atoms with E-state index in [1.165, 1.54) is 15.5 Å². The number of carbonyl (C=O) groups excluding carboxylic acids is 1. The molecule has 0 radical (unpaired) electrons. The molecule has 1 amide bonds. The summed E-state index contributed by atoms with van der Waals surface area (Å²) in [4.78, 5) is 25.3. The Morgan fingerprint density at radius 1 is 1.03 bits per heavy atom. The Morgan fingerprint density at radius 3 is 2.64 bits per heavy atom. The van der Waals surface area contributed by atoms with E-state index in [-0.39, 0.29) is 19.0 Å². The number of amides is 1. The molecule has 0 unspecified atom stereocenters. The van der Waals surface area contributed by atoms with E-state index in [1.54, 1.807) is 23.0 Å². The third kappa shape index (κ3) is 3.89. The van der Waals surface area contributed by atoms with E-state index in [1.807, 2.05) is 30.3 Å². The van der Waals surface area contributed by atoms with Gasteiger partial charge in [-0.15, -0.1) is 5.10 Å². The van der Waals surface area contributed by atoms with Gasteiger partial charge in [0.25, 0.3) is 0 Å². The first-order valence-corrected chi connectivity index (χ1v) is 10.8. The van der Waals surface area contributed by atoms with Crippen LogP contribution in [0.2, 0.25) is 5.02 Å². The number of aryl methyl sites for hydroxylation is 2. The number of halogens is 1. The molecule has 2 aromatic carbocycles. The molecule has 0 saturated carbocycles. The number of nitrogens with one attached hydrogen (secondary N) is 1. The molecule has 0 spiro atoms. The van der Waals surface area contributed by atoms with Crippen molar-refractivity contribution in [2.75, 3.05) is 0 Å². The molecule has 5 rings (SSSR count). The van der Waals surface area contributed by atoms with Crippen LogP contribution in [0.25, 0.3) is 22.4 Å². The predicted octanol–water partition coefficient (Wildman–Crippen LogP) is 3.40. The number of carbonyl (C=O) groups is 1. The highest BCUT2D eigenvalue weighted by Crippen LogP contribution is 2.23. The fraction of sp³-hybridized carbons (Fsp3) is 0.167. The molecule has 0 fully saturated rings. The number of fused-ring (bicyclic) bond motifs is 3. The van der Waals surface area contributed by atoms with E-state index < -0.39 is 5.69 Å². The summed E-state index contributed by atoms with van der Waals surface area (Å²) >= 11 is 6.13. The normalized spacial score (nSPS) is 11.4. The number of hydrogen-bond donors (Lipinski definition) is 1. The maximum atomic E-state index is 12.8. The third-order valence-corrected chi connectivity index (χ3v) is 6.09. The lowest BCUT2D eigenvalue weighted by atomic mass is 10.0. The van der Waals surface area contributed by atoms with Gasteiger partial charge in [0, 0.05) is 29.5 Å². The smallest absolute Gasteiger partial charge is 0.350 e. The molecule has 0 atom stereocenters. The van der Waals surface area contributed by atoms with Crippen molar-refractivity contribution in [2.24, 2.45) is 0 Å². The Labute approximate surface area is 194 Å². The SMILES string of the molecule is Cc1ccc(-c2cc3c4nn(CC(=O)NCc5ccccc5Cl)c(=O)n4ccn3n2)cc1C. The largest absolute Gasteiger partial charge is 0.350 e. The maximum Gasteiger partial charge on any atom is 0.350 e. The molecule has 0 bridgehead atoms. The Kier molecular flexibility index (Phi) is 5.22. The summed E-state index contributed by atoms with van der Waals surface area (Å²) in [6.07, 6.45) is 3.31. The molecule has 0 saturated heterocycles. The molecule has 0 aliphatic rings. The maximum absolute atomic E-state index is 12.8. The van der Waals surface area contributed by atoms with Crippen LogP contribution in [-0.2, 0) is 17.9 Å². The molecule has 0 aliphatic carbocycles. The van der Waals surface area contributed by atoms with Crippen LogP contribution < -0.4 is 11.0 Å². The highest BCUT2D eigenvalue weighted by Gasteiger charge is 2.15. The van der Waals surface area contributed by atoms with E-state index in [2.05, 4.69) is 41.5 Å². The van der Waals surface area contributed by atoms with Crippen molar-refractivity contribution in [1.29, 1.82) is 0 Å². The lowest BCUT2D eigenvalue weighted by Gasteiger charge is -2.06. The van der Waals surface area contributed by atoms with Crippen molar-refractivity contribution < 1.29 is 4.79 Å². The van der Waals surface area contributed by atoms with Crippen LogP contribution in [0, 0.1) is 13.8 Å². The van der Waals surface area contributed by atoms with Gasteiger partial charge in [-0.25, -0.2) is 18.4 Å². The molecule has 3 heterocycles. The van der Waals surface area contributed by atoms with Gasteiger partial charge < -0.3 is 5.32 Å². The molecule has 3 aromatic heterocycles. The van der Waals surface area contributed by atoms with Gasteiger partial charge in [-0.3, -0.25) is 4.79 Å². The van der Waals surface area contributed by atoms with E-state index in [4.69, 9.17) is 11.6 Å². The molecular weight excluding hydrogens is 440 g/mol. The lowest BCUT2D eigenvalue weighted by Crippen LogP contribution is -2.32. The average Bonchev–Trinajstić information content (AvgIpc) is 3.37. The van der Waals surface area contributed by atoms with Crippen molar-refractivity contribution in [1.82, 2.24) is 29.1 Å². The predicted molar refractivity (Wildman–Crippen MR) is 126 cm³/mol. The first-order chi connectivity index (χ1) is 15.9. The third-order valence-electron chi connectivity index (χ3n) is 5.72. The van der Waals surface area contributed by atoms with Gasteiger partial charge in [0.05, 0.1) is 5.69 Å². The minimum atomic E-state index is -0.394. The molecule has 1 N–H and O–H groups in total. The molecule has 9 heteroatoms. The van der Waals surface area contributed by atoms with Gasteiger partial charge >= 0.3 is 5.69 Å². The fourth-order valence-corrected chi connectivity index (χ4v) is 3.91. The van der Waals surface area contributed by atoms with Gasteiger partial charge in [-0.1, -0.05) is 41.9 Å². The zero-order valence-electron chi connectivity index (χ0n) is 18.1. The van der Waals surface area contributed by atoms with Crippen LogP contribution >= 0.6 is 11.6 Å². The van der Waals surface area contributed by atoms with Gasteiger partial charge in [-0.2, -0.15) is 5.10 Å². The van der Waals surface area contributed by atoms with Crippen LogP contribution in [0.1, 0.15) is 16.7 Å². The van der Waals surface area contributed by atoms with E-state index in [0.29, 0.717) is 16.2 Å². The van der Waals surface area contributed by atoms with Crippen molar-refractivity contribution in [3.8, 4) is 11.3 Å². The Hall–Kier alpha value is -3.91. The lowest BCUT2D eigenvalue weighted by molar-refractivity contribution is -0.122. The fourth-order valence-electron chi connectivity index (χ4n) is 3.71. The second kappa shape index (κ2) is 8.22. The molecule has 5 aromatic rings. The topological polar surface area (TPSA) is 85.7 Å². The monoisotopic (exact) mass is 460 g/mol. The Morgan fingerprint density at radius 2 is 1.85 bits per heavy atom. The van der Waals surface area contributed by atoms with Crippen LogP contribution in [-0.4, -0.2) is 29.7 Å². The highest BCUT2D eigenvalue weighted by atomic mass is 35.5. The van der Waals surface area contributed by atoms with Crippen molar-refractivity contribution in [3.05, 3.63) is 93.1 Å². The molecule has 166 valence electrons. The zero-order valence-corrected chi connectivity index (χ0v) is 18.9. The summed E-state index contributed by atoms with van der Waals surface area (Å²) in [5.74, 6) is -0.333. The van der Waals surface area contributed by atoms with Crippen molar-refractivity contribution in [3.63, 3.8) is 0 Å². The van der Waals surface area contributed by atoms with E-state index in [0.717, 1.165) is 21.5 Å². The van der Waals surface area contributed by atoms with Crippen LogP contribution in [0.5, 0.6) is 0 Å². The summed E-state index contributed by atoms with van der Waals surface area (Å²) in [6, 6.07) is 15.3. The quantitative estimate of drug-likeness (QED) is 0.435. The summed E-state index contributed by atoms with van der Waals surface area (Å²) in [5.41, 5.74) is 5.68. The van der Waals surface area contributed by atoms with Crippen LogP contribution in [0.3, 0.4) is 0 Å². The Balaban J connectivity index is 1.44. The average molecular weight is 461 g/mol. The minimum absolute atomic E-state index is 0.199. The number of hydrogen-bond acceptors (Lipinski definition) is 4. The first-order valence-electron chi connectivity index (χ1n) is 10.5. The second-order valence-corrected chi connectivity index (χ2v) is 8.37. The zero-order chi connectivity index (χ0) is 23.1. The number of benzene rings is 2. The standard InChI is InChI=1S/C24H21ClN6O2/c1-15-7-8-17(11-16(15)2)20-12-21-23-28-31(24(33)29(23)9-10-30(21)27-20)14-22(32)26-13-18-5-3-4-6-19(18)25/h3-12H,13-14H2,1-2H3,(H,26,32). The molecule has 8 nitrogen and oxygen atoms in total. The highest BCUT2D eigenvalue weighted by molar-refractivity contribution is 6.31. The first kappa shape index (κ1) is 21.0. The van der Waals surface area contributed by atoms with Gasteiger partial charge in [-0.05, 0) is 48.7 Å². The van der Waals surface area contributed by atoms with Gasteiger partial charge in [0.2, 0.25) is 5.91 Å². The number of rotatable bonds is 5. The van der Waals surface area contributed by atoms with Crippen LogP contribution in [0.15, 0.2) is 65.7 Å². The Bertz CT molecular complexity index is 1580. The van der Waals surface area contributed by atoms with E-state index in [9.17, 15) is 9.59 Å². The summed E-state index contributed by atoms with van der Waals surface area (Å²) in [5, 5.41) is 12.4.